The van der Waals surface area contributed by atoms with Crippen LogP contribution >= 0.6 is 0 Å². The molecule has 0 unspecified atom stereocenters. The van der Waals surface area contributed by atoms with Crippen molar-refractivity contribution in [1.29, 1.82) is 0 Å². The Balaban J connectivity index is 1.63. The van der Waals surface area contributed by atoms with Gasteiger partial charge in [-0.05, 0) is 42.7 Å². The van der Waals surface area contributed by atoms with Crippen molar-refractivity contribution in [1.82, 2.24) is 24.6 Å². The van der Waals surface area contributed by atoms with E-state index in [0.717, 1.165) is 50.0 Å². The van der Waals surface area contributed by atoms with Crippen LogP contribution in [0, 0.1) is 0 Å². The molecule has 49 heavy (non-hydrogen) atoms. The summed E-state index contributed by atoms with van der Waals surface area (Å²) in [5.41, 5.74) is 9.47. The molecule has 246 valence electrons. The van der Waals surface area contributed by atoms with Crippen LogP contribution < -0.4 is 47.7 Å². The predicted octanol–water partition coefficient (Wildman–Crippen LogP) is -7.02. The summed E-state index contributed by atoms with van der Waals surface area (Å²) in [6, 6.07) is 5.53. The molecule has 19 heteroatoms. The zero-order valence-corrected chi connectivity index (χ0v) is 30.3. The van der Waals surface area contributed by atoms with Gasteiger partial charge in [0.15, 0.2) is 13.7 Å². The molecule has 5 rings (SSSR count). The number of aromatic nitrogens is 4. The third-order valence-electron chi connectivity index (χ3n) is 9.89. The average Bonchev–Trinajstić information content (AvgIpc) is 3.43. The Morgan fingerprint density at radius 3 is 2.33 bits per heavy atom. The van der Waals surface area contributed by atoms with E-state index < -0.39 is 5.34 Å². The topological polar surface area (TPSA) is 130 Å². The van der Waals surface area contributed by atoms with Gasteiger partial charge in [-0.15, -0.1) is 0 Å². The summed E-state index contributed by atoms with van der Waals surface area (Å²) in [5, 5.41) is 21.9. The van der Waals surface area contributed by atoms with E-state index in [1.54, 1.807) is 13.3 Å². The maximum Gasteiger partial charge on any atom is 0.247 e. The molecule has 0 spiro atoms. The molecule has 1 saturated heterocycles. The molecule has 0 aliphatic carbocycles. The minimum Gasteiger partial charge on any atom is -0.509 e. The first-order chi connectivity index (χ1) is 23.2. The lowest BCUT2D eigenvalue weighted by molar-refractivity contribution is -0.111. The number of rotatable bonds is 10. The fourth-order valence-electron chi connectivity index (χ4n) is 6.34. The molecule has 2 aromatic carbocycles. The maximum atomic E-state index is 12.4. The molecule has 1 fully saturated rings. The van der Waals surface area contributed by atoms with Crippen molar-refractivity contribution in [2.45, 2.75) is 5.34 Å². The summed E-state index contributed by atoms with van der Waals surface area (Å²) in [6.07, 6.45) is 2.92. The number of ether oxygens (including phenoxy) is 2. The van der Waals surface area contributed by atoms with E-state index in [9.17, 15) is 9.90 Å². The summed E-state index contributed by atoms with van der Waals surface area (Å²) >= 11 is 0. The van der Waals surface area contributed by atoms with Crippen LogP contribution in [0.1, 0.15) is 5.56 Å². The molecule has 1 aliphatic rings. The highest BCUT2D eigenvalue weighted by Gasteiger charge is 2.34. The number of carbonyl (C=O) groups excluding carboxylic acids is 1. The molecule has 12 nitrogen and oxygen atoms in total. The Morgan fingerprint density at radius 1 is 1.08 bits per heavy atom. The van der Waals surface area contributed by atoms with Crippen molar-refractivity contribution < 1.29 is 19.4 Å². The number of nitrogens with zero attached hydrogens (tertiary/aromatic N) is 6. The SMILES string of the molecule is Bc1c(B)c(-c2nn(-c3ccnc(Nc4cc(NC(=O)C=C)c(N5CCOCC5)cc4OC)n3)c(B)c2C(B)(B)N(C)C)c(B)c(B)c1O. The van der Waals surface area contributed by atoms with E-state index in [1.165, 1.54) is 6.08 Å². The number of phenols is 1. The van der Waals surface area contributed by atoms with Gasteiger partial charge in [0.1, 0.15) is 58.6 Å². The van der Waals surface area contributed by atoms with Crippen molar-refractivity contribution in [3.05, 3.63) is 42.6 Å². The van der Waals surface area contributed by atoms with Crippen molar-refractivity contribution in [3.8, 4) is 28.6 Å². The van der Waals surface area contributed by atoms with Gasteiger partial charge in [0.2, 0.25) is 11.9 Å². The highest BCUT2D eigenvalue weighted by molar-refractivity contribution is 6.61. The van der Waals surface area contributed by atoms with E-state index >= 15 is 0 Å². The minimum atomic E-state index is -0.397. The minimum absolute atomic E-state index is 0.315. The maximum absolute atomic E-state index is 12.4. The van der Waals surface area contributed by atoms with Gasteiger partial charge in [-0.25, -0.2) is 9.67 Å². The number of nitrogens with one attached hydrogen (secondary N) is 2. The molecule has 0 saturated carbocycles. The second-order valence-corrected chi connectivity index (χ2v) is 13.1. The second kappa shape index (κ2) is 14.2. The fraction of sp³-hybridized carbons (Fsp3) is 0.267. The van der Waals surface area contributed by atoms with Crippen LogP contribution in [0.2, 0.25) is 0 Å². The zero-order chi connectivity index (χ0) is 35.8. The largest absolute Gasteiger partial charge is 0.509 e. The molecule has 3 heterocycles. The molecule has 1 amide bonds. The van der Waals surface area contributed by atoms with Crippen LogP contribution in [0.15, 0.2) is 37.1 Å². The monoisotopic (exact) mass is 654 g/mol. The highest BCUT2D eigenvalue weighted by Crippen LogP contribution is 2.38. The first-order valence-corrected chi connectivity index (χ1v) is 16.4. The molecule has 0 bridgehead atoms. The Bertz CT molecular complexity index is 1900. The molecular formula is C30H41B7N8O4. The zero-order valence-electron chi connectivity index (χ0n) is 30.3. The number of amides is 1. The molecule has 3 N–H and O–H groups in total. The summed E-state index contributed by atoms with van der Waals surface area (Å²) in [7, 11) is 20.1. The third kappa shape index (κ3) is 6.74. The number of methoxy groups -OCH3 is 1. The van der Waals surface area contributed by atoms with E-state index in [2.05, 4.69) is 69.6 Å². The number of carbonyl (C=O) groups is 1. The lowest BCUT2D eigenvalue weighted by Crippen LogP contribution is -2.47. The van der Waals surface area contributed by atoms with Gasteiger partial charge in [0, 0.05) is 37.0 Å². The average molecular weight is 653 g/mol. The number of hydrogen-bond acceptors (Lipinski definition) is 10. The predicted molar refractivity (Wildman–Crippen MR) is 218 cm³/mol. The van der Waals surface area contributed by atoms with Gasteiger partial charge in [-0.1, -0.05) is 28.4 Å². The quantitative estimate of drug-likeness (QED) is 0.112. The van der Waals surface area contributed by atoms with Gasteiger partial charge in [0.25, 0.3) is 0 Å². The number of benzene rings is 2. The lowest BCUT2D eigenvalue weighted by Gasteiger charge is -2.35. The molecular weight excluding hydrogens is 612 g/mol. The standard InChI is InChI=1S/C30H41B7N8O4/c1-5-19(46)39-14-12-15(17(48-4)13-16(14)44-8-10-49-11-9-44)40-29-38-7-6-18(41-29)45-28(35)21(30(36,37)43(2)3)26(42-45)20-22(31)24(33)27(47)25(34)23(20)32/h5-7,12-13,47H,1,8-11,31-37H2,2-4H3,(H,39,46)(H,38,40,41). The molecule has 0 atom stereocenters. The Labute approximate surface area is 294 Å². The van der Waals surface area contributed by atoms with Crippen LogP contribution in [0.25, 0.3) is 17.1 Å². The van der Waals surface area contributed by atoms with Crippen LogP contribution in [-0.2, 0) is 14.9 Å². The molecule has 2 aromatic heterocycles. The molecule has 4 aromatic rings. The Kier molecular flexibility index (Phi) is 10.4. The molecule has 0 radical (unpaired) electrons. The van der Waals surface area contributed by atoms with Crippen molar-refractivity contribution >= 4 is 111 Å². The van der Waals surface area contributed by atoms with Crippen LogP contribution in [0.4, 0.5) is 23.0 Å². The Hall–Kier alpha value is -4.49. The van der Waals surface area contributed by atoms with E-state index in [-0.39, 0.29) is 5.91 Å². The smallest absolute Gasteiger partial charge is 0.247 e. The summed E-state index contributed by atoms with van der Waals surface area (Å²) in [4.78, 5) is 26.2. The van der Waals surface area contributed by atoms with Crippen molar-refractivity contribution in [3.63, 3.8) is 0 Å². The number of phenolic OH excluding ortho intramolecular Hbond substituents is 1. The van der Waals surface area contributed by atoms with Crippen LogP contribution in [0.3, 0.4) is 0 Å². The fourth-order valence-corrected chi connectivity index (χ4v) is 6.34. The van der Waals surface area contributed by atoms with Crippen LogP contribution in [0.5, 0.6) is 11.5 Å². The van der Waals surface area contributed by atoms with E-state index in [0.29, 0.717) is 60.9 Å². The second-order valence-electron chi connectivity index (χ2n) is 13.1. The summed E-state index contributed by atoms with van der Waals surface area (Å²) < 4.78 is 13.2. The van der Waals surface area contributed by atoms with Crippen LogP contribution in [-0.4, -0.2) is 138 Å². The van der Waals surface area contributed by atoms with E-state index in [1.807, 2.05) is 54.3 Å². The van der Waals surface area contributed by atoms with Gasteiger partial charge in [-0.2, -0.15) is 10.1 Å². The number of morpholine rings is 1. The van der Waals surface area contributed by atoms with E-state index in [4.69, 9.17) is 19.6 Å². The van der Waals surface area contributed by atoms with Crippen molar-refractivity contribution in [2.75, 3.05) is 63.0 Å². The highest BCUT2D eigenvalue weighted by atomic mass is 16.5. The molecule has 1 aliphatic heterocycles. The first kappa shape index (κ1) is 35.8. The number of aromatic hydroxyl groups is 1. The number of hydrogen-bond donors (Lipinski definition) is 3. The third-order valence-corrected chi connectivity index (χ3v) is 9.89. The van der Waals surface area contributed by atoms with Gasteiger partial charge in [0.05, 0.1) is 43.1 Å². The lowest BCUT2D eigenvalue weighted by atomic mass is 9.54. The van der Waals surface area contributed by atoms with Gasteiger partial charge >= 0.3 is 0 Å². The first-order valence-electron chi connectivity index (χ1n) is 16.4. The van der Waals surface area contributed by atoms with Gasteiger partial charge < -0.3 is 35.0 Å². The summed E-state index contributed by atoms with van der Waals surface area (Å²) in [5.74, 6) is 1.45. The van der Waals surface area contributed by atoms with Crippen molar-refractivity contribution in [2.24, 2.45) is 0 Å². The Morgan fingerprint density at radius 2 is 1.73 bits per heavy atom. The summed E-state index contributed by atoms with van der Waals surface area (Å²) in [6.45, 7) is 6.15. The number of anilines is 4. The van der Waals surface area contributed by atoms with Gasteiger partial charge in [-0.3, -0.25) is 4.79 Å². The normalized spacial score (nSPS) is 13.3.